The van der Waals surface area contributed by atoms with Crippen LogP contribution < -0.4 is 5.32 Å². The van der Waals surface area contributed by atoms with Crippen LogP contribution in [0, 0.1) is 0 Å². The number of anilines is 1. The fourth-order valence-corrected chi connectivity index (χ4v) is 3.28. The van der Waals surface area contributed by atoms with Crippen LogP contribution in [-0.4, -0.2) is 49.7 Å². The van der Waals surface area contributed by atoms with E-state index >= 15 is 0 Å². The van der Waals surface area contributed by atoms with Crippen LogP contribution in [0.25, 0.3) is 0 Å². The fraction of sp³-hybridized carbons (Fsp3) is 0.500. The zero-order chi connectivity index (χ0) is 15.4. The number of aryl methyl sites for hydroxylation is 1. The second kappa shape index (κ2) is 6.78. The highest BCUT2D eigenvalue weighted by molar-refractivity contribution is 7.08. The van der Waals surface area contributed by atoms with Crippen LogP contribution >= 0.6 is 11.5 Å². The Labute approximate surface area is 132 Å². The lowest BCUT2D eigenvalue weighted by Gasteiger charge is -2.32. The van der Waals surface area contributed by atoms with Gasteiger partial charge in [0, 0.05) is 25.3 Å². The van der Waals surface area contributed by atoms with Gasteiger partial charge in [0.25, 0.3) is 5.91 Å². The van der Waals surface area contributed by atoms with Crippen LogP contribution in [0.5, 0.6) is 0 Å². The first-order chi connectivity index (χ1) is 10.8. The van der Waals surface area contributed by atoms with Crippen LogP contribution in [0.4, 0.5) is 5.82 Å². The van der Waals surface area contributed by atoms with Gasteiger partial charge in [-0.25, -0.2) is 0 Å². The van der Waals surface area contributed by atoms with E-state index < -0.39 is 0 Å². The SMILES string of the molecule is CCc1nnsc1C(=O)N1CCC(Nc2cccnn2)CC1. The molecule has 1 aliphatic heterocycles. The van der Waals surface area contributed by atoms with Crippen LogP contribution in [-0.2, 0) is 6.42 Å². The maximum absolute atomic E-state index is 12.5. The van der Waals surface area contributed by atoms with Gasteiger partial charge >= 0.3 is 0 Å². The first kappa shape index (κ1) is 14.8. The second-order valence-corrected chi connectivity index (χ2v) is 5.98. The summed E-state index contributed by atoms with van der Waals surface area (Å²) in [5.41, 5.74) is 0.801. The molecule has 7 nitrogen and oxygen atoms in total. The summed E-state index contributed by atoms with van der Waals surface area (Å²) in [6, 6.07) is 4.09. The molecule has 1 fully saturated rings. The molecule has 0 aliphatic carbocycles. The number of hydrogen-bond donors (Lipinski definition) is 1. The van der Waals surface area contributed by atoms with Crippen molar-refractivity contribution in [3.63, 3.8) is 0 Å². The van der Waals surface area contributed by atoms with E-state index in [0.29, 0.717) is 10.9 Å². The minimum Gasteiger partial charge on any atom is -0.366 e. The van der Waals surface area contributed by atoms with E-state index in [1.54, 1.807) is 6.20 Å². The maximum Gasteiger partial charge on any atom is 0.267 e. The summed E-state index contributed by atoms with van der Waals surface area (Å²) < 4.78 is 3.90. The molecule has 0 aromatic carbocycles. The lowest BCUT2D eigenvalue weighted by molar-refractivity contribution is 0.0722. The number of carbonyl (C=O) groups is 1. The summed E-state index contributed by atoms with van der Waals surface area (Å²) in [7, 11) is 0. The van der Waals surface area contributed by atoms with E-state index in [1.807, 2.05) is 24.0 Å². The Bertz CT molecular complexity index is 623. The molecule has 3 heterocycles. The molecule has 1 aliphatic rings. The van der Waals surface area contributed by atoms with Gasteiger partial charge in [-0.3, -0.25) is 4.79 Å². The highest BCUT2D eigenvalue weighted by Crippen LogP contribution is 2.19. The number of piperidine rings is 1. The number of nitrogens with one attached hydrogen (secondary N) is 1. The van der Waals surface area contributed by atoms with E-state index in [0.717, 1.165) is 43.9 Å². The maximum atomic E-state index is 12.5. The van der Waals surface area contributed by atoms with Crippen molar-refractivity contribution in [2.75, 3.05) is 18.4 Å². The molecular weight excluding hydrogens is 300 g/mol. The molecule has 8 heteroatoms. The third kappa shape index (κ3) is 3.22. The Morgan fingerprint density at radius 3 is 2.91 bits per heavy atom. The van der Waals surface area contributed by atoms with Gasteiger partial charge in [0.1, 0.15) is 10.7 Å². The second-order valence-electron chi connectivity index (χ2n) is 5.22. The third-order valence-corrected chi connectivity index (χ3v) is 4.55. The largest absolute Gasteiger partial charge is 0.366 e. The van der Waals surface area contributed by atoms with Crippen molar-refractivity contribution in [3.05, 3.63) is 28.9 Å². The molecule has 0 radical (unpaired) electrons. The van der Waals surface area contributed by atoms with Crippen LogP contribution in [0.3, 0.4) is 0 Å². The average Bonchev–Trinajstić information content (AvgIpc) is 3.04. The molecule has 2 aromatic heterocycles. The standard InChI is InChI=1S/C14H18N6OS/c1-2-11-13(22-19-17-11)14(21)20-8-5-10(6-9-20)16-12-4-3-7-15-18-12/h3-4,7,10H,2,5-6,8-9H2,1H3,(H,16,18). The number of rotatable bonds is 4. The van der Waals surface area contributed by atoms with Crippen molar-refractivity contribution in [1.82, 2.24) is 24.7 Å². The van der Waals surface area contributed by atoms with E-state index in [9.17, 15) is 4.79 Å². The number of hydrogen-bond acceptors (Lipinski definition) is 7. The minimum atomic E-state index is 0.0600. The normalized spacial score (nSPS) is 15.8. The summed E-state index contributed by atoms with van der Waals surface area (Å²) in [5, 5.41) is 15.3. The molecule has 0 spiro atoms. The lowest BCUT2D eigenvalue weighted by Crippen LogP contribution is -2.42. The van der Waals surface area contributed by atoms with E-state index in [-0.39, 0.29) is 5.91 Å². The summed E-state index contributed by atoms with van der Waals surface area (Å²) in [6.07, 6.45) is 4.19. The molecule has 116 valence electrons. The summed E-state index contributed by atoms with van der Waals surface area (Å²) >= 11 is 1.19. The van der Waals surface area contributed by atoms with Gasteiger partial charge in [-0.1, -0.05) is 11.4 Å². The molecule has 0 unspecified atom stereocenters. The molecule has 0 bridgehead atoms. The van der Waals surface area contributed by atoms with Crippen LogP contribution in [0.1, 0.15) is 35.1 Å². The Morgan fingerprint density at radius 1 is 1.41 bits per heavy atom. The zero-order valence-corrected chi connectivity index (χ0v) is 13.2. The van der Waals surface area contributed by atoms with Crippen molar-refractivity contribution < 1.29 is 4.79 Å². The number of amides is 1. The van der Waals surface area contributed by atoms with Crippen LogP contribution in [0.15, 0.2) is 18.3 Å². The first-order valence-electron chi connectivity index (χ1n) is 7.42. The third-order valence-electron chi connectivity index (χ3n) is 3.79. The van der Waals surface area contributed by atoms with Gasteiger partial charge in [0.15, 0.2) is 0 Å². The predicted octanol–water partition coefficient (Wildman–Crippen LogP) is 1.61. The molecule has 2 aromatic rings. The summed E-state index contributed by atoms with van der Waals surface area (Å²) in [6.45, 7) is 3.46. The molecule has 0 atom stereocenters. The molecule has 1 amide bonds. The molecule has 22 heavy (non-hydrogen) atoms. The highest BCUT2D eigenvalue weighted by atomic mass is 32.1. The molecule has 1 saturated heterocycles. The number of likely N-dealkylation sites (tertiary alicyclic amines) is 1. The molecule has 0 saturated carbocycles. The van der Waals surface area contributed by atoms with Gasteiger partial charge in [-0.05, 0) is 42.9 Å². The number of carbonyl (C=O) groups excluding carboxylic acids is 1. The first-order valence-corrected chi connectivity index (χ1v) is 8.20. The molecule has 3 rings (SSSR count). The monoisotopic (exact) mass is 318 g/mol. The fourth-order valence-electron chi connectivity index (χ4n) is 2.56. The molecular formula is C14H18N6OS. The Balaban J connectivity index is 1.56. The van der Waals surface area contributed by atoms with Gasteiger partial charge < -0.3 is 10.2 Å². The number of nitrogens with zero attached hydrogens (tertiary/aromatic N) is 5. The topological polar surface area (TPSA) is 83.9 Å². The average molecular weight is 318 g/mol. The minimum absolute atomic E-state index is 0.0600. The summed E-state index contributed by atoms with van der Waals surface area (Å²) in [5.74, 6) is 0.844. The number of aromatic nitrogens is 4. The zero-order valence-electron chi connectivity index (χ0n) is 12.4. The van der Waals surface area contributed by atoms with Gasteiger partial charge in [0.05, 0.1) is 5.69 Å². The lowest BCUT2D eigenvalue weighted by atomic mass is 10.0. The van der Waals surface area contributed by atoms with Crippen molar-refractivity contribution >= 4 is 23.3 Å². The van der Waals surface area contributed by atoms with Crippen LogP contribution in [0.2, 0.25) is 0 Å². The van der Waals surface area contributed by atoms with Gasteiger partial charge in [-0.15, -0.1) is 10.2 Å². The van der Waals surface area contributed by atoms with Crippen molar-refractivity contribution in [3.8, 4) is 0 Å². The van der Waals surface area contributed by atoms with E-state index in [1.165, 1.54) is 11.5 Å². The van der Waals surface area contributed by atoms with Gasteiger partial charge in [0.2, 0.25) is 0 Å². The quantitative estimate of drug-likeness (QED) is 0.922. The van der Waals surface area contributed by atoms with Crippen molar-refractivity contribution in [1.29, 1.82) is 0 Å². The Morgan fingerprint density at radius 2 is 2.23 bits per heavy atom. The van der Waals surface area contributed by atoms with E-state index in [2.05, 4.69) is 25.1 Å². The highest BCUT2D eigenvalue weighted by Gasteiger charge is 2.26. The van der Waals surface area contributed by atoms with E-state index in [4.69, 9.17) is 0 Å². The Hall–Kier alpha value is -2.09. The predicted molar refractivity (Wildman–Crippen MR) is 83.9 cm³/mol. The van der Waals surface area contributed by atoms with Gasteiger partial charge in [-0.2, -0.15) is 5.10 Å². The van der Waals surface area contributed by atoms with Crippen molar-refractivity contribution in [2.45, 2.75) is 32.2 Å². The summed E-state index contributed by atoms with van der Waals surface area (Å²) in [4.78, 5) is 15.1. The molecule has 1 N–H and O–H groups in total. The Kier molecular flexibility index (Phi) is 4.57. The van der Waals surface area contributed by atoms with Crippen molar-refractivity contribution in [2.24, 2.45) is 0 Å². The smallest absolute Gasteiger partial charge is 0.267 e.